The minimum Gasteiger partial charge on any atom is -0.497 e. The van der Waals surface area contributed by atoms with Crippen LogP contribution in [0.3, 0.4) is 0 Å². The molecule has 25 heavy (non-hydrogen) atoms. The summed E-state index contributed by atoms with van der Waals surface area (Å²) in [5.41, 5.74) is 1.38. The van der Waals surface area contributed by atoms with Gasteiger partial charge in [0.2, 0.25) is 0 Å². The molecular formula is C21H18O4. The van der Waals surface area contributed by atoms with Gasteiger partial charge in [-0.15, -0.1) is 0 Å². The van der Waals surface area contributed by atoms with Gasteiger partial charge in [0.05, 0.1) is 12.7 Å². The molecule has 4 heteroatoms. The number of esters is 1. The smallest absolute Gasteiger partial charge is 0.338 e. The second-order valence-electron chi connectivity index (χ2n) is 5.36. The standard InChI is InChI=1S/C21H18O4/c1-23-18-11-7-16(8-12-18)15-24-21(22)17-9-13-20(14-10-17)25-19-5-3-2-4-6-19/h2-14H,15H2,1H3. The maximum absolute atomic E-state index is 12.1. The van der Waals surface area contributed by atoms with Crippen molar-refractivity contribution < 1.29 is 19.0 Å². The van der Waals surface area contributed by atoms with Crippen molar-refractivity contribution in [3.8, 4) is 17.2 Å². The predicted octanol–water partition coefficient (Wildman–Crippen LogP) is 4.84. The fraction of sp³-hybridized carbons (Fsp3) is 0.0952. The third kappa shape index (κ3) is 4.61. The Bertz CT molecular complexity index is 809. The number of hydrogen-bond donors (Lipinski definition) is 0. The van der Waals surface area contributed by atoms with Gasteiger partial charge in [-0.3, -0.25) is 0 Å². The molecule has 3 aromatic carbocycles. The Hall–Kier alpha value is -3.27. The lowest BCUT2D eigenvalue weighted by atomic mass is 10.2. The molecule has 0 bridgehead atoms. The average molecular weight is 334 g/mol. The van der Waals surface area contributed by atoms with Crippen LogP contribution in [0.4, 0.5) is 0 Å². The number of ether oxygens (including phenoxy) is 3. The Labute approximate surface area is 146 Å². The van der Waals surface area contributed by atoms with Crippen LogP contribution in [0, 0.1) is 0 Å². The van der Waals surface area contributed by atoms with E-state index < -0.39 is 0 Å². The molecule has 0 aliphatic carbocycles. The molecule has 3 rings (SSSR count). The lowest BCUT2D eigenvalue weighted by Gasteiger charge is -2.08. The zero-order valence-electron chi connectivity index (χ0n) is 13.8. The summed E-state index contributed by atoms with van der Waals surface area (Å²) in [6.07, 6.45) is 0. The Balaban J connectivity index is 1.56. The number of carbonyl (C=O) groups excluding carboxylic acids is 1. The summed E-state index contributed by atoms with van der Waals surface area (Å²) in [7, 11) is 1.61. The summed E-state index contributed by atoms with van der Waals surface area (Å²) in [5.74, 6) is 1.81. The topological polar surface area (TPSA) is 44.8 Å². The molecule has 0 N–H and O–H groups in total. The van der Waals surface area contributed by atoms with Crippen molar-refractivity contribution in [1.29, 1.82) is 0 Å². The highest BCUT2D eigenvalue weighted by molar-refractivity contribution is 5.89. The average Bonchev–Trinajstić information content (AvgIpc) is 2.68. The first-order valence-corrected chi connectivity index (χ1v) is 7.87. The molecule has 0 radical (unpaired) electrons. The van der Waals surface area contributed by atoms with Crippen LogP contribution in [0.1, 0.15) is 15.9 Å². The lowest BCUT2D eigenvalue weighted by Crippen LogP contribution is -2.05. The third-order valence-corrected chi connectivity index (χ3v) is 3.60. The molecule has 3 aromatic rings. The summed E-state index contributed by atoms with van der Waals surface area (Å²) >= 11 is 0. The molecule has 0 atom stereocenters. The van der Waals surface area contributed by atoms with E-state index in [1.165, 1.54) is 0 Å². The van der Waals surface area contributed by atoms with Gasteiger partial charge in [0.25, 0.3) is 0 Å². The van der Waals surface area contributed by atoms with E-state index in [0.717, 1.165) is 17.1 Å². The minimum absolute atomic E-state index is 0.213. The summed E-state index contributed by atoms with van der Waals surface area (Å²) in [4.78, 5) is 12.1. The predicted molar refractivity (Wildman–Crippen MR) is 95.1 cm³/mol. The van der Waals surface area contributed by atoms with Crippen LogP contribution >= 0.6 is 0 Å². The highest BCUT2D eigenvalue weighted by Gasteiger charge is 2.08. The Morgan fingerprint density at radius 1 is 0.760 bits per heavy atom. The van der Waals surface area contributed by atoms with E-state index >= 15 is 0 Å². The van der Waals surface area contributed by atoms with E-state index in [0.29, 0.717) is 11.3 Å². The summed E-state index contributed by atoms with van der Waals surface area (Å²) < 4.78 is 16.1. The fourth-order valence-electron chi connectivity index (χ4n) is 2.24. The largest absolute Gasteiger partial charge is 0.497 e. The van der Waals surface area contributed by atoms with Gasteiger partial charge in [-0.1, -0.05) is 30.3 Å². The number of rotatable bonds is 6. The van der Waals surface area contributed by atoms with Crippen LogP contribution in [0.5, 0.6) is 17.2 Å². The Morgan fingerprint density at radius 2 is 1.36 bits per heavy atom. The molecule has 0 heterocycles. The zero-order chi connectivity index (χ0) is 17.5. The molecule has 0 saturated heterocycles. The van der Waals surface area contributed by atoms with Crippen LogP contribution in [-0.4, -0.2) is 13.1 Å². The minimum atomic E-state index is -0.373. The molecule has 0 aromatic heterocycles. The zero-order valence-corrected chi connectivity index (χ0v) is 13.8. The van der Waals surface area contributed by atoms with E-state index in [1.54, 1.807) is 31.4 Å². The molecule has 0 aliphatic heterocycles. The Kier molecular flexibility index (Phi) is 5.32. The van der Waals surface area contributed by atoms with Gasteiger partial charge in [-0.25, -0.2) is 4.79 Å². The first-order chi connectivity index (χ1) is 12.2. The van der Waals surface area contributed by atoms with Gasteiger partial charge in [0, 0.05) is 0 Å². The lowest BCUT2D eigenvalue weighted by molar-refractivity contribution is 0.0472. The van der Waals surface area contributed by atoms with E-state index in [-0.39, 0.29) is 12.6 Å². The van der Waals surface area contributed by atoms with Gasteiger partial charge in [0.1, 0.15) is 23.9 Å². The summed E-state index contributed by atoms with van der Waals surface area (Å²) in [6, 6.07) is 23.7. The van der Waals surface area contributed by atoms with Crippen molar-refractivity contribution in [2.45, 2.75) is 6.61 Å². The fourth-order valence-corrected chi connectivity index (χ4v) is 2.24. The van der Waals surface area contributed by atoms with Gasteiger partial charge < -0.3 is 14.2 Å². The second kappa shape index (κ2) is 8.02. The number of para-hydroxylation sites is 1. The maximum atomic E-state index is 12.1. The van der Waals surface area contributed by atoms with E-state index in [9.17, 15) is 4.79 Å². The number of hydrogen-bond acceptors (Lipinski definition) is 4. The van der Waals surface area contributed by atoms with Crippen molar-refractivity contribution in [2.24, 2.45) is 0 Å². The summed E-state index contributed by atoms with van der Waals surface area (Å²) in [6.45, 7) is 0.213. The summed E-state index contributed by atoms with van der Waals surface area (Å²) in [5, 5.41) is 0. The van der Waals surface area contributed by atoms with Crippen LogP contribution in [0.25, 0.3) is 0 Å². The number of benzene rings is 3. The van der Waals surface area contributed by atoms with Crippen LogP contribution in [0.15, 0.2) is 78.9 Å². The van der Waals surface area contributed by atoms with Gasteiger partial charge in [-0.05, 0) is 54.1 Å². The molecule has 0 fully saturated rings. The van der Waals surface area contributed by atoms with Crippen LogP contribution < -0.4 is 9.47 Å². The Morgan fingerprint density at radius 3 is 2.00 bits per heavy atom. The van der Waals surface area contributed by atoms with Crippen molar-refractivity contribution >= 4 is 5.97 Å². The molecular weight excluding hydrogens is 316 g/mol. The van der Waals surface area contributed by atoms with E-state index in [2.05, 4.69) is 0 Å². The molecule has 126 valence electrons. The van der Waals surface area contributed by atoms with Gasteiger partial charge in [-0.2, -0.15) is 0 Å². The monoisotopic (exact) mass is 334 g/mol. The quantitative estimate of drug-likeness (QED) is 0.605. The van der Waals surface area contributed by atoms with Crippen LogP contribution in [-0.2, 0) is 11.3 Å². The van der Waals surface area contributed by atoms with E-state index in [4.69, 9.17) is 14.2 Å². The number of carbonyl (C=O) groups is 1. The normalized spacial score (nSPS) is 10.1. The molecule has 0 aliphatic rings. The highest BCUT2D eigenvalue weighted by Crippen LogP contribution is 2.21. The second-order valence-corrected chi connectivity index (χ2v) is 5.36. The highest BCUT2D eigenvalue weighted by atomic mass is 16.5. The number of methoxy groups -OCH3 is 1. The van der Waals surface area contributed by atoms with Crippen molar-refractivity contribution in [3.05, 3.63) is 90.0 Å². The van der Waals surface area contributed by atoms with Gasteiger partial charge >= 0.3 is 5.97 Å². The van der Waals surface area contributed by atoms with Crippen LogP contribution in [0.2, 0.25) is 0 Å². The molecule has 0 saturated carbocycles. The third-order valence-electron chi connectivity index (χ3n) is 3.60. The van der Waals surface area contributed by atoms with Gasteiger partial charge in [0.15, 0.2) is 0 Å². The molecule has 0 amide bonds. The molecule has 0 spiro atoms. The first kappa shape index (κ1) is 16.6. The maximum Gasteiger partial charge on any atom is 0.338 e. The van der Waals surface area contributed by atoms with E-state index in [1.807, 2.05) is 54.6 Å². The van der Waals surface area contributed by atoms with Crippen molar-refractivity contribution in [2.75, 3.05) is 7.11 Å². The SMILES string of the molecule is COc1ccc(COC(=O)c2ccc(Oc3ccccc3)cc2)cc1. The van der Waals surface area contributed by atoms with Crippen molar-refractivity contribution in [3.63, 3.8) is 0 Å². The molecule has 0 unspecified atom stereocenters. The molecule has 4 nitrogen and oxygen atoms in total. The van der Waals surface area contributed by atoms with Crippen molar-refractivity contribution in [1.82, 2.24) is 0 Å². The first-order valence-electron chi connectivity index (χ1n) is 7.87.